The van der Waals surface area contributed by atoms with Crippen molar-refractivity contribution in [3.05, 3.63) is 29.8 Å². The number of carbonyl (C=O) groups is 3. The van der Waals surface area contributed by atoms with Gasteiger partial charge in [0.1, 0.15) is 12.6 Å². The predicted molar refractivity (Wildman–Crippen MR) is 129 cm³/mol. The number of morpholine rings is 1. The summed E-state index contributed by atoms with van der Waals surface area (Å²) in [4.78, 5) is 39.2. The number of hydrogen-bond acceptors (Lipinski definition) is 7. The second kappa shape index (κ2) is 12.2. The number of carboxylic acid groups (broad SMARTS) is 1. The standard InChI is InChI=1S/C22H29F3N6O7S/c23-22(24,25)13-1-5-16(6-2-13)39(36,37)29-17(20(35)31(12-19(33)34)14-3-4-14)9-18(32)28-10-15-11-30(21(26)27)7-8-38-15/h1-2,5-6,14-15,17,29H,3-4,7-12H2,(H3,26,27)(H,28,32)(H,33,34)/t15-,17-/m0/s1. The summed E-state index contributed by atoms with van der Waals surface area (Å²) in [7, 11) is -4.59. The lowest BCUT2D eigenvalue weighted by Crippen LogP contribution is -2.53. The van der Waals surface area contributed by atoms with E-state index in [-0.39, 0.29) is 25.7 Å². The van der Waals surface area contributed by atoms with E-state index >= 15 is 0 Å². The molecule has 17 heteroatoms. The molecule has 2 fully saturated rings. The molecule has 2 amide bonds. The van der Waals surface area contributed by atoms with Gasteiger partial charge < -0.3 is 30.7 Å². The molecule has 0 spiro atoms. The zero-order chi connectivity index (χ0) is 29.0. The van der Waals surface area contributed by atoms with Gasteiger partial charge in [0.05, 0.1) is 29.6 Å². The molecule has 39 heavy (non-hydrogen) atoms. The monoisotopic (exact) mass is 578 g/mol. The number of ether oxygens (including phenoxy) is 1. The molecule has 1 saturated carbocycles. The van der Waals surface area contributed by atoms with Crippen LogP contribution >= 0.6 is 0 Å². The molecule has 0 aromatic heterocycles. The highest BCUT2D eigenvalue weighted by Gasteiger charge is 2.39. The van der Waals surface area contributed by atoms with Crippen molar-refractivity contribution in [1.82, 2.24) is 19.8 Å². The Kier molecular flexibility index (Phi) is 9.39. The summed E-state index contributed by atoms with van der Waals surface area (Å²) < 4.78 is 72.1. The zero-order valence-corrected chi connectivity index (χ0v) is 21.4. The minimum atomic E-state index is -4.70. The molecule has 0 unspecified atom stereocenters. The van der Waals surface area contributed by atoms with Gasteiger partial charge in [-0.25, -0.2) is 8.42 Å². The van der Waals surface area contributed by atoms with Crippen LogP contribution in [-0.2, 0) is 35.3 Å². The van der Waals surface area contributed by atoms with E-state index in [1.165, 1.54) is 4.90 Å². The number of sulfonamides is 1. The van der Waals surface area contributed by atoms with Crippen LogP contribution in [0.5, 0.6) is 0 Å². The van der Waals surface area contributed by atoms with Crippen LogP contribution in [0.3, 0.4) is 0 Å². The van der Waals surface area contributed by atoms with Crippen LogP contribution < -0.4 is 15.8 Å². The second-order valence-corrected chi connectivity index (χ2v) is 10.8. The van der Waals surface area contributed by atoms with Crippen molar-refractivity contribution in [2.24, 2.45) is 5.73 Å². The van der Waals surface area contributed by atoms with Gasteiger partial charge in [-0.1, -0.05) is 0 Å². The van der Waals surface area contributed by atoms with E-state index < -0.39 is 75.6 Å². The van der Waals surface area contributed by atoms with E-state index in [1.807, 2.05) is 0 Å². The van der Waals surface area contributed by atoms with E-state index in [0.29, 0.717) is 43.7 Å². The van der Waals surface area contributed by atoms with E-state index in [4.69, 9.17) is 15.9 Å². The smallest absolute Gasteiger partial charge is 0.416 e. The maximum Gasteiger partial charge on any atom is 0.416 e. The van der Waals surface area contributed by atoms with Gasteiger partial charge in [-0.3, -0.25) is 19.8 Å². The molecule has 216 valence electrons. The van der Waals surface area contributed by atoms with Crippen LogP contribution in [0.15, 0.2) is 29.2 Å². The fourth-order valence-corrected chi connectivity index (χ4v) is 5.11. The Morgan fingerprint density at radius 1 is 1.23 bits per heavy atom. The molecule has 0 radical (unpaired) electrons. The van der Waals surface area contributed by atoms with Gasteiger partial charge in [-0.2, -0.15) is 17.9 Å². The molecule has 2 aliphatic rings. The Morgan fingerprint density at radius 2 is 1.87 bits per heavy atom. The fourth-order valence-electron chi connectivity index (χ4n) is 3.92. The van der Waals surface area contributed by atoms with Gasteiger partial charge in [0, 0.05) is 25.7 Å². The highest BCUT2D eigenvalue weighted by Crippen LogP contribution is 2.30. The average molecular weight is 579 g/mol. The number of nitrogens with two attached hydrogens (primary N) is 1. The first kappa shape index (κ1) is 30.1. The maximum absolute atomic E-state index is 13.3. The molecular weight excluding hydrogens is 549 g/mol. The summed E-state index contributed by atoms with van der Waals surface area (Å²) >= 11 is 0. The molecule has 13 nitrogen and oxygen atoms in total. The molecular formula is C22H29F3N6O7S. The van der Waals surface area contributed by atoms with Gasteiger partial charge in [-0.15, -0.1) is 0 Å². The molecule has 1 aliphatic carbocycles. The van der Waals surface area contributed by atoms with Crippen molar-refractivity contribution in [2.45, 2.75) is 48.5 Å². The highest BCUT2D eigenvalue weighted by molar-refractivity contribution is 7.89. The van der Waals surface area contributed by atoms with Crippen molar-refractivity contribution in [1.29, 1.82) is 5.41 Å². The third kappa shape index (κ3) is 8.52. The number of guanidine groups is 1. The number of rotatable bonds is 11. The van der Waals surface area contributed by atoms with Crippen LogP contribution in [0, 0.1) is 5.41 Å². The molecule has 1 saturated heterocycles. The van der Waals surface area contributed by atoms with Crippen LogP contribution in [0.25, 0.3) is 0 Å². The molecule has 1 aromatic carbocycles. The first-order valence-corrected chi connectivity index (χ1v) is 13.3. The Morgan fingerprint density at radius 3 is 2.41 bits per heavy atom. The number of aliphatic carboxylic acids is 1. The van der Waals surface area contributed by atoms with Gasteiger partial charge in [-0.05, 0) is 37.1 Å². The van der Waals surface area contributed by atoms with Crippen molar-refractivity contribution in [3.8, 4) is 0 Å². The summed E-state index contributed by atoms with van der Waals surface area (Å²) in [6.45, 7) is 0.0893. The Hall–Kier alpha value is -3.44. The van der Waals surface area contributed by atoms with Gasteiger partial charge >= 0.3 is 12.1 Å². The Balaban J connectivity index is 1.75. The summed E-state index contributed by atoms with van der Waals surface area (Å²) in [5.41, 5.74) is 4.39. The highest BCUT2D eigenvalue weighted by atomic mass is 32.2. The van der Waals surface area contributed by atoms with Crippen LogP contribution in [0.2, 0.25) is 0 Å². The largest absolute Gasteiger partial charge is 0.480 e. The SMILES string of the molecule is N=C(N)N1CCO[C@@H](CNC(=O)C[C@H](NS(=O)(=O)c2ccc(C(F)(F)F)cc2)C(=O)N(CC(=O)O)C2CC2)C1. The average Bonchev–Trinajstić information content (AvgIpc) is 3.70. The lowest BCUT2D eigenvalue weighted by Gasteiger charge is -2.33. The van der Waals surface area contributed by atoms with Crippen LogP contribution in [-0.4, -0.2) is 98.0 Å². The fraction of sp³-hybridized carbons (Fsp3) is 0.545. The van der Waals surface area contributed by atoms with Gasteiger partial charge in [0.15, 0.2) is 5.96 Å². The van der Waals surface area contributed by atoms with Crippen molar-refractivity contribution in [3.63, 3.8) is 0 Å². The third-order valence-electron chi connectivity index (χ3n) is 6.06. The maximum atomic E-state index is 13.3. The molecule has 1 aromatic rings. The normalized spacial score (nSPS) is 18.7. The van der Waals surface area contributed by atoms with E-state index in [9.17, 15) is 41.1 Å². The van der Waals surface area contributed by atoms with Crippen molar-refractivity contribution < 1.29 is 45.8 Å². The number of nitrogens with zero attached hydrogens (tertiary/aromatic N) is 2. The summed E-state index contributed by atoms with van der Waals surface area (Å²) in [5, 5.41) is 19.3. The van der Waals surface area contributed by atoms with Crippen LogP contribution in [0.1, 0.15) is 24.8 Å². The quantitative estimate of drug-likeness (QED) is 0.170. The second-order valence-electron chi connectivity index (χ2n) is 9.12. The minimum absolute atomic E-state index is 0.0450. The number of benzene rings is 1. The topological polar surface area (TPSA) is 195 Å². The molecule has 1 aliphatic heterocycles. The number of halogens is 3. The number of hydrogen-bond donors (Lipinski definition) is 5. The Bertz CT molecular complexity index is 1190. The van der Waals surface area contributed by atoms with Crippen molar-refractivity contribution >= 4 is 33.8 Å². The third-order valence-corrected chi connectivity index (χ3v) is 7.55. The van der Waals surface area contributed by atoms with Crippen LogP contribution in [0.4, 0.5) is 13.2 Å². The summed E-state index contributed by atoms with van der Waals surface area (Å²) in [6, 6.07) is 0.371. The molecule has 2 atom stereocenters. The predicted octanol–water partition coefficient (Wildman–Crippen LogP) is -0.472. The first-order valence-electron chi connectivity index (χ1n) is 11.9. The number of nitrogens with one attached hydrogen (secondary N) is 3. The molecule has 0 bridgehead atoms. The molecule has 1 heterocycles. The summed E-state index contributed by atoms with van der Waals surface area (Å²) in [5.74, 6) is -3.23. The summed E-state index contributed by atoms with van der Waals surface area (Å²) in [6.07, 6.45) is -4.97. The van der Waals surface area contributed by atoms with E-state index in [0.717, 1.165) is 4.90 Å². The molecule has 3 rings (SSSR count). The molecule has 6 N–H and O–H groups in total. The number of carboxylic acids is 1. The lowest BCUT2D eigenvalue weighted by molar-refractivity contribution is -0.146. The van der Waals surface area contributed by atoms with E-state index in [1.54, 1.807) is 0 Å². The lowest BCUT2D eigenvalue weighted by atomic mass is 10.1. The van der Waals surface area contributed by atoms with Crippen molar-refractivity contribution in [2.75, 3.05) is 32.8 Å². The number of carbonyl (C=O) groups excluding carboxylic acids is 2. The first-order chi connectivity index (χ1) is 18.2. The Labute approximate surface area is 222 Å². The van der Waals surface area contributed by atoms with E-state index in [2.05, 4.69) is 10.0 Å². The minimum Gasteiger partial charge on any atom is -0.480 e. The van der Waals surface area contributed by atoms with Gasteiger partial charge in [0.25, 0.3) is 0 Å². The van der Waals surface area contributed by atoms with Gasteiger partial charge in [0.2, 0.25) is 21.8 Å². The number of alkyl halides is 3. The number of amides is 2. The zero-order valence-electron chi connectivity index (χ0n) is 20.6.